The molecule has 5 heteroatoms. The van der Waals surface area contributed by atoms with Crippen LogP contribution in [0.25, 0.3) is 0 Å². The van der Waals surface area contributed by atoms with Gasteiger partial charge in [-0.05, 0) is 26.0 Å². The number of anilines is 1. The number of nitrogens with one attached hydrogen (secondary N) is 1. The highest BCUT2D eigenvalue weighted by Crippen LogP contribution is 2.28. The van der Waals surface area contributed by atoms with Gasteiger partial charge in [0.05, 0.1) is 23.3 Å². The van der Waals surface area contributed by atoms with Crippen molar-refractivity contribution in [2.75, 3.05) is 5.32 Å². The Hall–Kier alpha value is -1.62. The molecule has 0 aliphatic rings. The Balaban J connectivity index is 2.05. The van der Waals surface area contributed by atoms with E-state index in [1.54, 1.807) is 17.5 Å². The second-order valence-corrected chi connectivity index (χ2v) is 7.37. The Morgan fingerprint density at radius 3 is 2.67 bits per heavy atom. The zero-order valence-electron chi connectivity index (χ0n) is 13.3. The number of aromatic nitrogens is 2. The standard InChI is InChI=1S/C16H23N3OS/c1-11(2)20-14-13(7-6-8-17-14)18-9-12-10-19-15(21-12)16(3,4)5/h6-8,10-11,18H,9H2,1-5H3. The molecule has 0 saturated carbocycles. The lowest BCUT2D eigenvalue weighted by molar-refractivity contribution is 0.234. The van der Waals surface area contributed by atoms with Gasteiger partial charge in [-0.25, -0.2) is 9.97 Å². The van der Waals surface area contributed by atoms with Gasteiger partial charge in [0.2, 0.25) is 5.88 Å². The lowest BCUT2D eigenvalue weighted by Crippen LogP contribution is -2.10. The topological polar surface area (TPSA) is 47.0 Å². The number of hydrogen-bond donors (Lipinski definition) is 1. The summed E-state index contributed by atoms with van der Waals surface area (Å²) in [4.78, 5) is 9.99. The fourth-order valence-corrected chi connectivity index (χ4v) is 2.67. The van der Waals surface area contributed by atoms with E-state index >= 15 is 0 Å². The molecule has 2 rings (SSSR count). The van der Waals surface area contributed by atoms with Gasteiger partial charge in [-0.2, -0.15) is 0 Å². The van der Waals surface area contributed by atoms with E-state index in [9.17, 15) is 0 Å². The van der Waals surface area contributed by atoms with Gasteiger partial charge in [-0.3, -0.25) is 0 Å². The first-order valence-corrected chi connectivity index (χ1v) is 7.98. The Bertz CT molecular complexity index is 587. The van der Waals surface area contributed by atoms with E-state index in [-0.39, 0.29) is 11.5 Å². The van der Waals surface area contributed by atoms with E-state index in [2.05, 4.69) is 36.1 Å². The van der Waals surface area contributed by atoms with Gasteiger partial charge in [0.1, 0.15) is 0 Å². The molecule has 0 amide bonds. The van der Waals surface area contributed by atoms with Gasteiger partial charge >= 0.3 is 0 Å². The number of hydrogen-bond acceptors (Lipinski definition) is 5. The number of nitrogens with zero attached hydrogens (tertiary/aromatic N) is 2. The third-order valence-electron chi connectivity index (χ3n) is 2.77. The van der Waals surface area contributed by atoms with Crippen molar-refractivity contribution >= 4 is 17.0 Å². The Kier molecular flexibility index (Phi) is 4.83. The number of pyridine rings is 1. The fraction of sp³-hybridized carbons (Fsp3) is 0.500. The molecule has 4 nitrogen and oxygen atoms in total. The number of rotatable bonds is 5. The molecule has 0 aromatic carbocycles. The zero-order valence-corrected chi connectivity index (χ0v) is 14.1. The predicted molar refractivity (Wildman–Crippen MR) is 88.1 cm³/mol. The summed E-state index contributed by atoms with van der Waals surface area (Å²) >= 11 is 1.74. The number of thiazole rings is 1. The van der Waals surface area contributed by atoms with E-state index in [1.807, 2.05) is 32.2 Å². The minimum atomic E-state index is 0.100. The summed E-state index contributed by atoms with van der Waals surface area (Å²) in [5.41, 5.74) is 1.01. The van der Waals surface area contributed by atoms with Crippen LogP contribution in [0, 0.1) is 0 Å². The molecule has 0 aliphatic carbocycles. The molecule has 0 saturated heterocycles. The summed E-state index contributed by atoms with van der Waals surface area (Å²) in [6, 6.07) is 3.89. The summed E-state index contributed by atoms with van der Waals surface area (Å²) < 4.78 is 5.71. The zero-order chi connectivity index (χ0) is 15.5. The maximum absolute atomic E-state index is 5.71. The second-order valence-electron chi connectivity index (χ2n) is 6.26. The van der Waals surface area contributed by atoms with Crippen molar-refractivity contribution in [3.05, 3.63) is 34.4 Å². The third kappa shape index (κ3) is 4.43. The van der Waals surface area contributed by atoms with Crippen LogP contribution in [0.5, 0.6) is 5.88 Å². The highest BCUT2D eigenvalue weighted by molar-refractivity contribution is 7.11. The van der Waals surface area contributed by atoms with Crippen LogP contribution >= 0.6 is 11.3 Å². The maximum atomic E-state index is 5.71. The molecule has 0 unspecified atom stereocenters. The second kappa shape index (κ2) is 6.43. The van der Waals surface area contributed by atoms with Crippen LogP contribution in [-0.4, -0.2) is 16.1 Å². The number of ether oxygens (including phenoxy) is 1. The highest BCUT2D eigenvalue weighted by Gasteiger charge is 2.18. The molecular formula is C16H23N3OS. The van der Waals surface area contributed by atoms with Gasteiger partial charge < -0.3 is 10.1 Å². The largest absolute Gasteiger partial charge is 0.473 e. The van der Waals surface area contributed by atoms with E-state index in [1.165, 1.54) is 4.88 Å². The normalized spacial score (nSPS) is 11.7. The summed E-state index contributed by atoms with van der Waals surface area (Å²) in [6.07, 6.45) is 3.79. The molecule has 2 aromatic heterocycles. The van der Waals surface area contributed by atoms with E-state index in [0.717, 1.165) is 17.2 Å². The molecular weight excluding hydrogens is 282 g/mol. The molecule has 21 heavy (non-hydrogen) atoms. The van der Waals surface area contributed by atoms with Gasteiger partial charge in [-0.1, -0.05) is 20.8 Å². The van der Waals surface area contributed by atoms with Gasteiger partial charge in [0, 0.05) is 22.7 Å². The molecule has 0 atom stereocenters. The quantitative estimate of drug-likeness (QED) is 0.897. The van der Waals surface area contributed by atoms with Crippen LogP contribution in [0.3, 0.4) is 0 Å². The van der Waals surface area contributed by atoms with Crippen LogP contribution in [0.1, 0.15) is 44.5 Å². The van der Waals surface area contributed by atoms with Gasteiger partial charge in [-0.15, -0.1) is 11.3 Å². The van der Waals surface area contributed by atoms with Crippen molar-refractivity contribution in [3.8, 4) is 5.88 Å². The van der Waals surface area contributed by atoms with Crippen molar-refractivity contribution in [2.24, 2.45) is 0 Å². The smallest absolute Gasteiger partial charge is 0.237 e. The van der Waals surface area contributed by atoms with Crippen molar-refractivity contribution < 1.29 is 4.74 Å². The summed E-state index contributed by atoms with van der Waals surface area (Å²) in [5.74, 6) is 0.646. The van der Waals surface area contributed by atoms with E-state index < -0.39 is 0 Å². The molecule has 0 aliphatic heterocycles. The van der Waals surface area contributed by atoms with Crippen molar-refractivity contribution in [2.45, 2.75) is 52.7 Å². The first kappa shape index (κ1) is 15.8. The first-order valence-electron chi connectivity index (χ1n) is 7.17. The van der Waals surface area contributed by atoms with Crippen LogP contribution in [0.2, 0.25) is 0 Å². The Labute approximate surface area is 130 Å². The molecule has 0 spiro atoms. The first-order chi connectivity index (χ1) is 9.86. The van der Waals surface area contributed by atoms with E-state index in [0.29, 0.717) is 5.88 Å². The molecule has 2 heterocycles. The van der Waals surface area contributed by atoms with Crippen LogP contribution in [0.4, 0.5) is 5.69 Å². The van der Waals surface area contributed by atoms with Crippen molar-refractivity contribution in [1.29, 1.82) is 0 Å². The van der Waals surface area contributed by atoms with Crippen molar-refractivity contribution in [3.63, 3.8) is 0 Å². The van der Waals surface area contributed by atoms with E-state index in [4.69, 9.17) is 4.74 Å². The summed E-state index contributed by atoms with van der Waals surface area (Å²) in [6.45, 7) is 11.3. The molecule has 2 aromatic rings. The summed E-state index contributed by atoms with van der Waals surface area (Å²) in [7, 11) is 0. The van der Waals surface area contributed by atoms with Gasteiger partial charge in [0.15, 0.2) is 0 Å². The van der Waals surface area contributed by atoms with Crippen LogP contribution < -0.4 is 10.1 Å². The fourth-order valence-electron chi connectivity index (χ4n) is 1.76. The molecule has 0 fully saturated rings. The van der Waals surface area contributed by atoms with Gasteiger partial charge in [0.25, 0.3) is 0 Å². The molecule has 114 valence electrons. The van der Waals surface area contributed by atoms with Crippen molar-refractivity contribution in [1.82, 2.24) is 9.97 Å². The minimum absolute atomic E-state index is 0.100. The highest BCUT2D eigenvalue weighted by atomic mass is 32.1. The average Bonchev–Trinajstić information content (AvgIpc) is 2.86. The third-order valence-corrected chi connectivity index (χ3v) is 4.19. The average molecular weight is 305 g/mol. The lowest BCUT2D eigenvalue weighted by atomic mass is 9.98. The minimum Gasteiger partial charge on any atom is -0.473 e. The SMILES string of the molecule is CC(C)Oc1ncccc1NCc1cnc(C(C)(C)C)s1. The Morgan fingerprint density at radius 1 is 1.29 bits per heavy atom. The Morgan fingerprint density at radius 2 is 2.05 bits per heavy atom. The lowest BCUT2D eigenvalue weighted by Gasteiger charge is -2.14. The summed E-state index contributed by atoms with van der Waals surface area (Å²) in [5, 5.41) is 4.54. The molecule has 0 bridgehead atoms. The predicted octanol–water partition coefficient (Wildman–Crippen LogP) is 4.23. The monoisotopic (exact) mass is 305 g/mol. The molecule has 1 N–H and O–H groups in total. The van der Waals surface area contributed by atoms with Crippen LogP contribution in [-0.2, 0) is 12.0 Å². The van der Waals surface area contributed by atoms with Crippen LogP contribution in [0.15, 0.2) is 24.5 Å². The molecule has 0 radical (unpaired) electrons. The maximum Gasteiger partial charge on any atom is 0.237 e.